The molecule has 5 heteroatoms. The molecule has 1 aliphatic heterocycles. The van der Waals surface area contributed by atoms with E-state index in [0.29, 0.717) is 19.6 Å². The van der Waals surface area contributed by atoms with Crippen LogP contribution in [0.3, 0.4) is 0 Å². The lowest BCUT2D eigenvalue weighted by molar-refractivity contribution is -0.137. The number of fused-ring (bicyclic) bond motifs is 1. The summed E-state index contributed by atoms with van der Waals surface area (Å²) in [5.74, 6) is -0.974. The Bertz CT molecular complexity index is 475. The van der Waals surface area contributed by atoms with E-state index in [1.54, 1.807) is 11.8 Å². The van der Waals surface area contributed by atoms with Crippen LogP contribution in [-0.4, -0.2) is 53.1 Å². The van der Waals surface area contributed by atoms with Gasteiger partial charge in [-0.2, -0.15) is 0 Å². The third-order valence-corrected chi connectivity index (χ3v) is 3.67. The van der Waals surface area contributed by atoms with Crippen LogP contribution in [0.1, 0.15) is 18.1 Å². The molecule has 1 aliphatic rings. The molecular weight excluding hydrogens is 256 g/mol. The van der Waals surface area contributed by atoms with E-state index in [1.807, 2.05) is 12.1 Å². The van der Waals surface area contributed by atoms with E-state index < -0.39 is 5.97 Å². The number of benzene rings is 1. The third kappa shape index (κ3) is 3.29. The maximum absolute atomic E-state index is 12.4. The molecule has 1 aromatic rings. The molecule has 0 saturated carbocycles. The van der Waals surface area contributed by atoms with Crippen molar-refractivity contribution in [1.82, 2.24) is 9.80 Å². The molecule has 5 nitrogen and oxygen atoms in total. The standard InChI is InChI=1S/C15H20N2O3/c1-2-16(11-14(18)19)15(20)17-9-7-12-5-3-4-6-13(12)8-10-17/h3-6H,2,7-11H2,1H3,(H,18,19). The Morgan fingerprint density at radius 2 is 1.75 bits per heavy atom. The Hall–Kier alpha value is -2.04. The number of carbonyl (C=O) groups excluding carboxylic acids is 1. The molecule has 0 radical (unpaired) electrons. The van der Waals surface area contributed by atoms with Crippen molar-refractivity contribution < 1.29 is 14.7 Å². The number of likely N-dealkylation sites (N-methyl/N-ethyl adjacent to an activating group) is 1. The zero-order valence-corrected chi connectivity index (χ0v) is 11.7. The van der Waals surface area contributed by atoms with Crippen LogP contribution in [0.15, 0.2) is 24.3 Å². The van der Waals surface area contributed by atoms with Gasteiger partial charge in [0.15, 0.2) is 0 Å². The van der Waals surface area contributed by atoms with Crippen LogP contribution in [0.2, 0.25) is 0 Å². The van der Waals surface area contributed by atoms with E-state index in [9.17, 15) is 9.59 Å². The van der Waals surface area contributed by atoms with Gasteiger partial charge in [0.2, 0.25) is 0 Å². The van der Waals surface area contributed by atoms with Crippen LogP contribution in [0.5, 0.6) is 0 Å². The van der Waals surface area contributed by atoms with E-state index in [4.69, 9.17) is 5.11 Å². The molecule has 0 unspecified atom stereocenters. The lowest BCUT2D eigenvalue weighted by Gasteiger charge is -2.28. The van der Waals surface area contributed by atoms with Crippen molar-refractivity contribution in [3.8, 4) is 0 Å². The first-order chi connectivity index (χ1) is 9.61. The van der Waals surface area contributed by atoms with E-state index in [1.165, 1.54) is 16.0 Å². The van der Waals surface area contributed by atoms with E-state index in [2.05, 4.69) is 12.1 Å². The predicted molar refractivity (Wildman–Crippen MR) is 75.7 cm³/mol. The molecule has 0 atom stereocenters. The summed E-state index contributed by atoms with van der Waals surface area (Å²) < 4.78 is 0. The first-order valence-corrected chi connectivity index (χ1v) is 6.94. The molecule has 0 fully saturated rings. The minimum absolute atomic E-state index is 0.178. The second kappa shape index (κ2) is 6.41. The Labute approximate surface area is 118 Å². The highest BCUT2D eigenvalue weighted by molar-refractivity contribution is 5.80. The lowest BCUT2D eigenvalue weighted by Crippen LogP contribution is -2.46. The van der Waals surface area contributed by atoms with Gasteiger partial charge >= 0.3 is 12.0 Å². The number of hydrogen-bond acceptors (Lipinski definition) is 2. The molecule has 2 amide bonds. The summed E-state index contributed by atoms with van der Waals surface area (Å²) in [6.45, 7) is 3.26. The second-order valence-corrected chi connectivity index (χ2v) is 4.95. The van der Waals surface area contributed by atoms with Crippen LogP contribution in [0.25, 0.3) is 0 Å². The van der Waals surface area contributed by atoms with Crippen molar-refractivity contribution in [1.29, 1.82) is 0 Å². The van der Waals surface area contributed by atoms with Crippen molar-refractivity contribution in [2.75, 3.05) is 26.2 Å². The maximum Gasteiger partial charge on any atom is 0.323 e. The summed E-state index contributed by atoms with van der Waals surface area (Å²) in [4.78, 5) is 26.3. The number of carbonyl (C=O) groups is 2. The lowest BCUT2D eigenvalue weighted by atomic mass is 10.0. The predicted octanol–water partition coefficient (Wildman–Crippen LogP) is 1.61. The van der Waals surface area contributed by atoms with Gasteiger partial charge in [0.25, 0.3) is 0 Å². The molecular formula is C15H20N2O3. The summed E-state index contributed by atoms with van der Waals surface area (Å²) in [5, 5.41) is 8.85. The monoisotopic (exact) mass is 276 g/mol. The normalized spacial score (nSPS) is 14.3. The highest BCUT2D eigenvalue weighted by atomic mass is 16.4. The van der Waals surface area contributed by atoms with Gasteiger partial charge in [0, 0.05) is 19.6 Å². The fraction of sp³-hybridized carbons (Fsp3) is 0.467. The number of amides is 2. The summed E-state index contributed by atoms with van der Waals surface area (Å²) in [6, 6.07) is 8.04. The van der Waals surface area contributed by atoms with Crippen molar-refractivity contribution in [3.05, 3.63) is 35.4 Å². The molecule has 0 saturated heterocycles. The van der Waals surface area contributed by atoms with Crippen LogP contribution in [0, 0.1) is 0 Å². The molecule has 1 aromatic carbocycles. The summed E-state index contributed by atoms with van der Waals surface area (Å²) in [5.41, 5.74) is 2.56. The van der Waals surface area contributed by atoms with E-state index >= 15 is 0 Å². The first-order valence-electron chi connectivity index (χ1n) is 6.94. The van der Waals surface area contributed by atoms with Crippen molar-refractivity contribution in [2.45, 2.75) is 19.8 Å². The van der Waals surface area contributed by atoms with Crippen LogP contribution in [-0.2, 0) is 17.6 Å². The minimum Gasteiger partial charge on any atom is -0.480 e. The second-order valence-electron chi connectivity index (χ2n) is 4.95. The average Bonchev–Trinajstić information content (AvgIpc) is 2.66. The quantitative estimate of drug-likeness (QED) is 0.912. The summed E-state index contributed by atoms with van der Waals surface area (Å²) >= 11 is 0. The molecule has 0 spiro atoms. The van der Waals surface area contributed by atoms with Crippen molar-refractivity contribution in [3.63, 3.8) is 0 Å². The van der Waals surface area contributed by atoms with Gasteiger partial charge in [-0.1, -0.05) is 24.3 Å². The Morgan fingerprint density at radius 3 is 2.20 bits per heavy atom. The smallest absolute Gasteiger partial charge is 0.323 e. The summed E-state index contributed by atoms with van der Waals surface area (Å²) in [7, 11) is 0. The number of urea groups is 1. The fourth-order valence-corrected chi connectivity index (χ4v) is 2.54. The Balaban J connectivity index is 2.04. The number of nitrogens with zero attached hydrogens (tertiary/aromatic N) is 2. The van der Waals surface area contributed by atoms with Gasteiger partial charge in [-0.3, -0.25) is 4.79 Å². The maximum atomic E-state index is 12.4. The number of hydrogen-bond donors (Lipinski definition) is 1. The van der Waals surface area contributed by atoms with E-state index in [-0.39, 0.29) is 12.6 Å². The minimum atomic E-state index is -0.974. The largest absolute Gasteiger partial charge is 0.480 e. The van der Waals surface area contributed by atoms with Crippen LogP contribution < -0.4 is 0 Å². The Kier molecular flexibility index (Phi) is 4.61. The number of rotatable bonds is 3. The highest BCUT2D eigenvalue weighted by Crippen LogP contribution is 2.16. The number of carboxylic acid groups (broad SMARTS) is 1. The topological polar surface area (TPSA) is 60.9 Å². The summed E-state index contributed by atoms with van der Waals surface area (Å²) in [6.07, 6.45) is 1.65. The van der Waals surface area contributed by atoms with Crippen LogP contribution in [0.4, 0.5) is 4.79 Å². The molecule has 1 heterocycles. The van der Waals surface area contributed by atoms with Gasteiger partial charge in [-0.25, -0.2) is 4.79 Å². The fourth-order valence-electron chi connectivity index (χ4n) is 2.54. The van der Waals surface area contributed by atoms with Crippen molar-refractivity contribution in [2.24, 2.45) is 0 Å². The molecule has 20 heavy (non-hydrogen) atoms. The first kappa shape index (κ1) is 14.4. The van der Waals surface area contributed by atoms with Crippen molar-refractivity contribution >= 4 is 12.0 Å². The van der Waals surface area contributed by atoms with Gasteiger partial charge in [-0.05, 0) is 30.9 Å². The van der Waals surface area contributed by atoms with Crippen LogP contribution >= 0.6 is 0 Å². The SMILES string of the molecule is CCN(CC(=O)O)C(=O)N1CCc2ccccc2CC1. The average molecular weight is 276 g/mol. The molecule has 0 aliphatic carbocycles. The zero-order chi connectivity index (χ0) is 14.5. The molecule has 2 rings (SSSR count). The molecule has 0 aromatic heterocycles. The Morgan fingerprint density at radius 1 is 1.20 bits per heavy atom. The number of carboxylic acids is 1. The molecule has 108 valence electrons. The molecule has 0 bridgehead atoms. The van der Waals surface area contributed by atoms with E-state index in [0.717, 1.165) is 12.8 Å². The number of aliphatic carboxylic acids is 1. The molecule has 1 N–H and O–H groups in total. The van der Waals surface area contributed by atoms with Gasteiger partial charge in [0.05, 0.1) is 0 Å². The van der Waals surface area contributed by atoms with Gasteiger partial charge in [-0.15, -0.1) is 0 Å². The van der Waals surface area contributed by atoms with Gasteiger partial charge in [0.1, 0.15) is 6.54 Å². The van der Waals surface area contributed by atoms with Gasteiger partial charge < -0.3 is 14.9 Å². The zero-order valence-electron chi connectivity index (χ0n) is 11.7. The third-order valence-electron chi connectivity index (χ3n) is 3.67. The highest BCUT2D eigenvalue weighted by Gasteiger charge is 2.23.